The van der Waals surface area contributed by atoms with Gasteiger partial charge < -0.3 is 9.47 Å². The van der Waals surface area contributed by atoms with E-state index >= 15 is 0 Å². The molecular weight excluding hydrogens is 308 g/mol. The van der Waals surface area contributed by atoms with Crippen LogP contribution < -0.4 is 9.47 Å². The summed E-state index contributed by atoms with van der Waals surface area (Å²) in [5.74, 6) is 2.71. The van der Waals surface area contributed by atoms with Gasteiger partial charge in [-0.1, -0.05) is 38.1 Å². The van der Waals surface area contributed by atoms with Gasteiger partial charge in [0.25, 0.3) is 0 Å². The zero-order valence-electron chi connectivity index (χ0n) is 14.2. The molecule has 3 heteroatoms. The predicted molar refractivity (Wildman–Crippen MR) is 99.2 cm³/mol. The first kappa shape index (κ1) is 17.9. The smallest absolute Gasteiger partial charge is 0.130 e. The van der Waals surface area contributed by atoms with Crippen LogP contribution in [-0.4, -0.2) is 19.1 Å². The fourth-order valence-electron chi connectivity index (χ4n) is 2.68. The Kier molecular flexibility index (Phi) is 7.54. The van der Waals surface area contributed by atoms with Crippen molar-refractivity contribution in [3.63, 3.8) is 0 Å². The third-order valence-electron chi connectivity index (χ3n) is 3.90. The zero-order valence-corrected chi connectivity index (χ0v) is 15.0. The Morgan fingerprint density at radius 1 is 0.913 bits per heavy atom. The molecule has 23 heavy (non-hydrogen) atoms. The van der Waals surface area contributed by atoms with E-state index in [2.05, 4.69) is 44.2 Å². The zero-order chi connectivity index (χ0) is 16.5. The van der Waals surface area contributed by atoms with Crippen molar-refractivity contribution < 1.29 is 9.47 Å². The minimum atomic E-state index is 0.729. The molecule has 0 spiro atoms. The monoisotopic (exact) mass is 334 g/mol. The lowest BCUT2D eigenvalue weighted by Gasteiger charge is -2.17. The van der Waals surface area contributed by atoms with Gasteiger partial charge in [-0.3, -0.25) is 0 Å². The van der Waals surface area contributed by atoms with Gasteiger partial charge >= 0.3 is 0 Å². The van der Waals surface area contributed by atoms with Crippen molar-refractivity contribution >= 4 is 22.4 Å². The number of hydrogen-bond acceptors (Lipinski definition) is 2. The summed E-state index contributed by atoms with van der Waals surface area (Å²) in [6.07, 6.45) is 5.15. The SMILES string of the molecule is CCCOc1c(CC)cc(OCCCCCCl)c2ccccc12. The van der Waals surface area contributed by atoms with Crippen molar-refractivity contribution in [1.82, 2.24) is 0 Å². The van der Waals surface area contributed by atoms with Crippen molar-refractivity contribution in [3.8, 4) is 11.5 Å². The minimum Gasteiger partial charge on any atom is -0.493 e. The van der Waals surface area contributed by atoms with Gasteiger partial charge in [0.2, 0.25) is 0 Å². The third kappa shape index (κ3) is 4.78. The van der Waals surface area contributed by atoms with Gasteiger partial charge in [0, 0.05) is 16.7 Å². The van der Waals surface area contributed by atoms with Gasteiger partial charge in [0.15, 0.2) is 0 Å². The molecule has 0 heterocycles. The third-order valence-corrected chi connectivity index (χ3v) is 4.17. The summed E-state index contributed by atoms with van der Waals surface area (Å²) in [4.78, 5) is 0. The molecule has 0 saturated heterocycles. The van der Waals surface area contributed by atoms with Crippen LogP contribution in [0.3, 0.4) is 0 Å². The van der Waals surface area contributed by atoms with Crippen LogP contribution in [0.5, 0.6) is 11.5 Å². The van der Waals surface area contributed by atoms with E-state index in [9.17, 15) is 0 Å². The van der Waals surface area contributed by atoms with E-state index in [1.165, 1.54) is 5.56 Å². The fourth-order valence-corrected chi connectivity index (χ4v) is 2.87. The highest BCUT2D eigenvalue weighted by Crippen LogP contribution is 2.37. The summed E-state index contributed by atoms with van der Waals surface area (Å²) in [6, 6.07) is 10.5. The first-order chi connectivity index (χ1) is 11.3. The van der Waals surface area contributed by atoms with Gasteiger partial charge in [-0.05, 0) is 43.7 Å². The molecular formula is C20H27ClO2. The molecule has 0 aliphatic heterocycles. The Morgan fingerprint density at radius 3 is 2.39 bits per heavy atom. The molecule has 126 valence electrons. The topological polar surface area (TPSA) is 18.5 Å². The van der Waals surface area contributed by atoms with E-state index in [-0.39, 0.29) is 0 Å². The van der Waals surface area contributed by atoms with Crippen molar-refractivity contribution in [2.75, 3.05) is 19.1 Å². The molecule has 2 aromatic carbocycles. The van der Waals surface area contributed by atoms with E-state index in [1.807, 2.05) is 0 Å². The lowest BCUT2D eigenvalue weighted by atomic mass is 10.0. The number of halogens is 1. The number of ether oxygens (including phenoxy) is 2. The summed E-state index contributed by atoms with van der Waals surface area (Å²) in [5, 5.41) is 2.28. The van der Waals surface area contributed by atoms with Gasteiger partial charge in [-0.2, -0.15) is 0 Å². The van der Waals surface area contributed by atoms with E-state index in [1.54, 1.807) is 0 Å². The minimum absolute atomic E-state index is 0.729. The summed E-state index contributed by atoms with van der Waals surface area (Å²) < 4.78 is 12.1. The maximum Gasteiger partial charge on any atom is 0.130 e. The number of fused-ring (bicyclic) bond motifs is 1. The maximum absolute atomic E-state index is 6.07. The van der Waals surface area contributed by atoms with E-state index in [0.29, 0.717) is 0 Å². The predicted octanol–water partition coefficient (Wildman–Crippen LogP) is 5.98. The van der Waals surface area contributed by atoms with Gasteiger partial charge in [0.05, 0.1) is 13.2 Å². The average Bonchev–Trinajstić information content (AvgIpc) is 2.60. The van der Waals surface area contributed by atoms with E-state index < -0.39 is 0 Å². The molecule has 0 saturated carbocycles. The Balaban J connectivity index is 2.26. The summed E-state index contributed by atoms with van der Waals surface area (Å²) >= 11 is 5.72. The Morgan fingerprint density at radius 2 is 1.70 bits per heavy atom. The molecule has 0 N–H and O–H groups in total. The molecule has 0 atom stereocenters. The molecule has 0 aromatic heterocycles. The summed E-state index contributed by atoms with van der Waals surface area (Å²) in [5.41, 5.74) is 1.22. The normalized spacial score (nSPS) is 10.9. The van der Waals surface area contributed by atoms with Crippen LogP contribution in [0.4, 0.5) is 0 Å². The second-order valence-electron chi connectivity index (χ2n) is 5.71. The first-order valence-electron chi connectivity index (χ1n) is 8.68. The largest absolute Gasteiger partial charge is 0.493 e. The summed E-state index contributed by atoms with van der Waals surface area (Å²) in [7, 11) is 0. The van der Waals surface area contributed by atoms with Gasteiger partial charge in [-0.15, -0.1) is 11.6 Å². The second-order valence-corrected chi connectivity index (χ2v) is 6.09. The number of rotatable bonds is 10. The molecule has 2 aromatic rings. The maximum atomic E-state index is 6.07. The molecule has 0 bridgehead atoms. The number of alkyl halides is 1. The van der Waals surface area contributed by atoms with Gasteiger partial charge in [-0.25, -0.2) is 0 Å². The standard InChI is InChI=1S/C20H27ClO2/c1-3-13-23-20-16(4-2)15-19(22-14-9-5-8-12-21)17-10-6-7-11-18(17)20/h6-7,10-11,15H,3-5,8-9,12-14H2,1-2H3. The number of benzene rings is 2. The summed E-state index contributed by atoms with van der Waals surface area (Å²) in [6.45, 7) is 5.77. The van der Waals surface area contributed by atoms with Crippen molar-refractivity contribution in [1.29, 1.82) is 0 Å². The lowest BCUT2D eigenvalue weighted by molar-refractivity contribution is 0.305. The molecule has 0 aliphatic rings. The highest BCUT2D eigenvalue weighted by atomic mass is 35.5. The number of aryl methyl sites for hydroxylation is 1. The Labute approximate surface area is 144 Å². The van der Waals surface area contributed by atoms with Crippen LogP contribution in [0.25, 0.3) is 10.8 Å². The average molecular weight is 335 g/mol. The van der Waals surface area contributed by atoms with Crippen LogP contribution in [0.2, 0.25) is 0 Å². The lowest BCUT2D eigenvalue weighted by Crippen LogP contribution is -2.03. The number of hydrogen-bond donors (Lipinski definition) is 0. The second kappa shape index (κ2) is 9.67. The van der Waals surface area contributed by atoms with Crippen molar-refractivity contribution in [2.24, 2.45) is 0 Å². The van der Waals surface area contributed by atoms with Crippen LogP contribution in [0.1, 0.15) is 45.1 Å². The van der Waals surface area contributed by atoms with Gasteiger partial charge in [0.1, 0.15) is 11.5 Å². The molecule has 2 nitrogen and oxygen atoms in total. The molecule has 0 aliphatic carbocycles. The molecule has 0 amide bonds. The molecule has 0 unspecified atom stereocenters. The Hall–Kier alpha value is -1.41. The molecule has 0 radical (unpaired) electrons. The van der Waals surface area contributed by atoms with Crippen LogP contribution >= 0.6 is 11.6 Å². The van der Waals surface area contributed by atoms with Crippen LogP contribution in [0, 0.1) is 0 Å². The molecule has 0 fully saturated rings. The fraction of sp³-hybridized carbons (Fsp3) is 0.500. The van der Waals surface area contributed by atoms with Crippen molar-refractivity contribution in [2.45, 2.75) is 46.0 Å². The van der Waals surface area contributed by atoms with E-state index in [0.717, 1.165) is 73.5 Å². The van der Waals surface area contributed by atoms with Crippen LogP contribution in [0.15, 0.2) is 30.3 Å². The first-order valence-corrected chi connectivity index (χ1v) is 9.21. The Bertz CT molecular complexity index is 610. The molecule has 2 rings (SSSR count). The number of unbranched alkanes of at least 4 members (excludes halogenated alkanes) is 2. The quantitative estimate of drug-likeness (QED) is 0.393. The van der Waals surface area contributed by atoms with Crippen LogP contribution in [-0.2, 0) is 6.42 Å². The highest BCUT2D eigenvalue weighted by Gasteiger charge is 2.13. The van der Waals surface area contributed by atoms with Crippen molar-refractivity contribution in [3.05, 3.63) is 35.9 Å². The highest BCUT2D eigenvalue weighted by molar-refractivity contribution is 6.17. The van der Waals surface area contributed by atoms with E-state index in [4.69, 9.17) is 21.1 Å².